The number of benzene rings is 1. The predicted octanol–water partition coefficient (Wildman–Crippen LogP) is 0.759. The smallest absolute Gasteiger partial charge is 0.338 e. The molecule has 2 aliphatic heterocycles. The monoisotopic (exact) mass is 360 g/mol. The third-order valence-electron chi connectivity index (χ3n) is 4.20. The van der Waals surface area contributed by atoms with E-state index in [0.29, 0.717) is 5.56 Å². The van der Waals surface area contributed by atoms with Gasteiger partial charge in [0.15, 0.2) is 6.10 Å². The van der Waals surface area contributed by atoms with Crippen LogP contribution in [0.2, 0.25) is 0 Å². The molecule has 1 aromatic rings. The number of hydrogen-bond acceptors (Lipinski definition) is 7. The number of aliphatic hydroxyl groups excluding tert-OH is 2. The molecular formula is C19H20O7. The van der Waals surface area contributed by atoms with Crippen LogP contribution < -0.4 is 0 Å². The van der Waals surface area contributed by atoms with Gasteiger partial charge in [-0.1, -0.05) is 24.3 Å². The highest BCUT2D eigenvalue weighted by Gasteiger charge is 2.45. The molecule has 0 aliphatic carbocycles. The van der Waals surface area contributed by atoms with Crippen molar-refractivity contribution < 1.29 is 34.0 Å². The quantitative estimate of drug-likeness (QED) is 0.590. The first kappa shape index (κ1) is 18.3. The molecule has 1 aromatic carbocycles. The van der Waals surface area contributed by atoms with Gasteiger partial charge in [-0.15, -0.1) is 0 Å². The van der Waals surface area contributed by atoms with Crippen molar-refractivity contribution in [3.05, 3.63) is 60.2 Å². The van der Waals surface area contributed by atoms with Gasteiger partial charge in [0.25, 0.3) is 0 Å². The normalized spacial score (nSPS) is 29.9. The summed E-state index contributed by atoms with van der Waals surface area (Å²) in [7, 11) is 0. The average Bonchev–Trinajstić information content (AvgIpc) is 2.94. The van der Waals surface area contributed by atoms with Crippen LogP contribution in [-0.4, -0.2) is 58.8 Å². The molecule has 2 aliphatic rings. The first-order chi connectivity index (χ1) is 12.5. The number of fused-ring (bicyclic) bond motifs is 1. The highest BCUT2D eigenvalue weighted by molar-refractivity contribution is 5.89. The predicted molar refractivity (Wildman–Crippen MR) is 90.2 cm³/mol. The van der Waals surface area contributed by atoms with Crippen LogP contribution in [0.5, 0.6) is 0 Å². The summed E-state index contributed by atoms with van der Waals surface area (Å²) in [6.45, 7) is 1.49. The van der Waals surface area contributed by atoms with Crippen molar-refractivity contribution in [3.8, 4) is 0 Å². The Morgan fingerprint density at radius 2 is 2.04 bits per heavy atom. The van der Waals surface area contributed by atoms with Gasteiger partial charge >= 0.3 is 11.9 Å². The van der Waals surface area contributed by atoms with E-state index in [4.69, 9.17) is 14.2 Å². The fourth-order valence-electron chi connectivity index (χ4n) is 2.80. The molecule has 0 unspecified atom stereocenters. The van der Waals surface area contributed by atoms with E-state index in [1.54, 1.807) is 30.3 Å². The summed E-state index contributed by atoms with van der Waals surface area (Å²) < 4.78 is 16.0. The zero-order valence-electron chi connectivity index (χ0n) is 14.1. The Morgan fingerprint density at radius 3 is 2.73 bits per heavy atom. The lowest BCUT2D eigenvalue weighted by atomic mass is 10.0. The van der Waals surface area contributed by atoms with Crippen molar-refractivity contribution in [1.29, 1.82) is 0 Å². The molecule has 0 radical (unpaired) electrons. The van der Waals surface area contributed by atoms with E-state index in [0.717, 1.165) is 0 Å². The molecule has 26 heavy (non-hydrogen) atoms. The van der Waals surface area contributed by atoms with E-state index >= 15 is 0 Å². The molecule has 7 heteroatoms. The maximum Gasteiger partial charge on any atom is 0.338 e. The molecule has 1 saturated heterocycles. The molecule has 0 saturated carbocycles. The Morgan fingerprint density at radius 1 is 1.31 bits per heavy atom. The van der Waals surface area contributed by atoms with Crippen LogP contribution in [0.15, 0.2) is 54.6 Å². The minimum atomic E-state index is -1.05. The van der Waals surface area contributed by atoms with Crippen LogP contribution in [0.4, 0.5) is 0 Å². The number of rotatable bonds is 5. The van der Waals surface area contributed by atoms with Gasteiger partial charge in [-0.2, -0.15) is 0 Å². The molecule has 2 N–H and O–H groups in total. The fraction of sp³-hybridized carbons (Fsp3) is 0.368. The fourth-order valence-corrected chi connectivity index (χ4v) is 2.80. The van der Waals surface area contributed by atoms with Crippen LogP contribution in [0.25, 0.3) is 0 Å². The van der Waals surface area contributed by atoms with E-state index in [9.17, 15) is 19.8 Å². The lowest BCUT2D eigenvalue weighted by Gasteiger charge is -2.20. The number of aliphatic hydroxyl groups is 2. The van der Waals surface area contributed by atoms with Crippen molar-refractivity contribution in [2.24, 2.45) is 0 Å². The first-order valence-electron chi connectivity index (χ1n) is 8.30. The van der Waals surface area contributed by atoms with Crippen molar-refractivity contribution in [2.45, 2.75) is 43.5 Å². The summed E-state index contributed by atoms with van der Waals surface area (Å²) in [5.74, 6) is -1.10. The Hall–Kier alpha value is -2.48. The van der Waals surface area contributed by atoms with E-state index in [1.165, 1.54) is 31.2 Å². The molecule has 2 heterocycles. The van der Waals surface area contributed by atoms with Crippen molar-refractivity contribution in [1.82, 2.24) is 0 Å². The molecule has 0 amide bonds. The number of ether oxygens (including phenoxy) is 3. The molecule has 138 valence electrons. The SMILES string of the molecule is C[C@H](O)[C@@H](/C=C/[C@H]1O[C@H]2C=CC(=O)O[C@H]2[C@H]1O)OC(=O)c1ccccc1. The van der Waals surface area contributed by atoms with E-state index in [-0.39, 0.29) is 0 Å². The van der Waals surface area contributed by atoms with Gasteiger partial charge in [-0.25, -0.2) is 9.59 Å². The summed E-state index contributed by atoms with van der Waals surface area (Å²) in [5.41, 5.74) is 0.367. The van der Waals surface area contributed by atoms with Gasteiger partial charge in [0, 0.05) is 6.08 Å². The molecule has 7 nitrogen and oxygen atoms in total. The minimum absolute atomic E-state index is 0.367. The zero-order valence-corrected chi connectivity index (χ0v) is 14.1. The Labute approximate surface area is 150 Å². The number of carbonyl (C=O) groups excluding carboxylic acids is 2. The number of esters is 2. The first-order valence-corrected chi connectivity index (χ1v) is 8.30. The molecule has 0 bridgehead atoms. The van der Waals surface area contributed by atoms with E-state index < -0.39 is 48.6 Å². The molecule has 6 atom stereocenters. The standard InChI is InChI=1S/C19H20O7/c1-11(20)13(25-19(23)12-5-3-2-4-6-12)7-8-14-17(22)18-15(24-14)9-10-16(21)26-18/h2-11,13-15,17-18,20,22H,1H3/b8-7+/t11-,13+,14+,15-,17-,18+/m0/s1. The van der Waals surface area contributed by atoms with Gasteiger partial charge in [0.05, 0.1) is 11.7 Å². The molecule has 0 spiro atoms. The molecule has 1 fully saturated rings. The second kappa shape index (κ2) is 7.82. The third kappa shape index (κ3) is 4.01. The van der Waals surface area contributed by atoms with Gasteiger partial charge in [-0.3, -0.25) is 0 Å². The number of hydrogen-bond donors (Lipinski definition) is 2. The van der Waals surface area contributed by atoms with Crippen LogP contribution in [0.3, 0.4) is 0 Å². The summed E-state index contributed by atoms with van der Waals surface area (Å²) in [5, 5.41) is 20.1. The number of carbonyl (C=O) groups is 2. The maximum atomic E-state index is 12.1. The highest BCUT2D eigenvalue weighted by Crippen LogP contribution is 2.28. The molecule has 0 aromatic heterocycles. The average molecular weight is 360 g/mol. The summed E-state index contributed by atoms with van der Waals surface area (Å²) in [6, 6.07) is 8.43. The topological polar surface area (TPSA) is 102 Å². The van der Waals surface area contributed by atoms with Crippen LogP contribution >= 0.6 is 0 Å². The summed E-state index contributed by atoms with van der Waals surface area (Å²) >= 11 is 0. The Bertz CT molecular complexity index is 710. The largest absolute Gasteiger partial charge is 0.453 e. The highest BCUT2D eigenvalue weighted by atomic mass is 16.6. The van der Waals surface area contributed by atoms with E-state index in [1.807, 2.05) is 0 Å². The third-order valence-corrected chi connectivity index (χ3v) is 4.20. The maximum absolute atomic E-state index is 12.1. The Balaban J connectivity index is 1.66. The Kier molecular flexibility index (Phi) is 5.51. The van der Waals surface area contributed by atoms with Gasteiger partial charge in [0.1, 0.15) is 24.4 Å². The summed E-state index contributed by atoms with van der Waals surface area (Å²) in [4.78, 5) is 23.4. The van der Waals surface area contributed by atoms with Crippen molar-refractivity contribution >= 4 is 11.9 Å². The summed E-state index contributed by atoms with van der Waals surface area (Å²) in [6.07, 6.45) is 0.754. The van der Waals surface area contributed by atoms with Crippen molar-refractivity contribution in [3.63, 3.8) is 0 Å². The van der Waals surface area contributed by atoms with Crippen LogP contribution in [-0.2, 0) is 19.0 Å². The lowest BCUT2D eigenvalue weighted by Crippen LogP contribution is -2.38. The van der Waals surface area contributed by atoms with Crippen LogP contribution in [0, 0.1) is 0 Å². The van der Waals surface area contributed by atoms with Gasteiger partial charge in [0.2, 0.25) is 0 Å². The molecular weight excluding hydrogens is 340 g/mol. The van der Waals surface area contributed by atoms with Crippen LogP contribution in [0.1, 0.15) is 17.3 Å². The second-order valence-electron chi connectivity index (χ2n) is 6.18. The molecule has 3 rings (SSSR count). The zero-order chi connectivity index (χ0) is 18.7. The van der Waals surface area contributed by atoms with Gasteiger partial charge < -0.3 is 24.4 Å². The van der Waals surface area contributed by atoms with Crippen molar-refractivity contribution in [2.75, 3.05) is 0 Å². The van der Waals surface area contributed by atoms with Gasteiger partial charge in [-0.05, 0) is 31.2 Å². The second-order valence-corrected chi connectivity index (χ2v) is 6.18. The minimum Gasteiger partial charge on any atom is -0.453 e. The van der Waals surface area contributed by atoms with E-state index in [2.05, 4.69) is 0 Å². The lowest BCUT2D eigenvalue weighted by molar-refractivity contribution is -0.150.